The van der Waals surface area contributed by atoms with E-state index < -0.39 is 17.5 Å². The van der Waals surface area contributed by atoms with Crippen molar-refractivity contribution in [2.24, 2.45) is 0 Å². The zero-order valence-electron chi connectivity index (χ0n) is 11.5. The molecule has 0 saturated carbocycles. The molecule has 0 radical (unpaired) electrons. The average Bonchev–Trinajstić information content (AvgIpc) is 2.93. The summed E-state index contributed by atoms with van der Waals surface area (Å²) in [4.78, 5) is 16.1. The maximum atomic E-state index is 13.4. The number of para-hydroxylation sites is 2. The molecule has 3 rings (SSSR count). The molecule has 0 unspecified atom stereocenters. The minimum Gasteiger partial charge on any atom is -0.431 e. The molecule has 2 aromatic carbocycles. The first-order valence-corrected chi connectivity index (χ1v) is 8.52. The molecule has 0 saturated heterocycles. The standard InChI is InChI=1S/C15H9F2IN2O2S/c16-9-5-8(6-10(17)14(9)18)19-13(21)7-23-15-20-11-3-1-2-4-12(11)22-15/h1-6H,7H2,(H,19,21). The van der Waals surface area contributed by atoms with Crippen molar-refractivity contribution in [2.75, 3.05) is 11.1 Å². The highest BCUT2D eigenvalue weighted by molar-refractivity contribution is 14.1. The van der Waals surface area contributed by atoms with Crippen LogP contribution in [0, 0.1) is 15.2 Å². The largest absolute Gasteiger partial charge is 0.431 e. The smallest absolute Gasteiger partial charge is 0.257 e. The molecule has 1 aromatic heterocycles. The minimum atomic E-state index is -0.715. The van der Waals surface area contributed by atoms with Crippen LogP contribution < -0.4 is 5.32 Å². The van der Waals surface area contributed by atoms with E-state index in [1.54, 1.807) is 34.7 Å². The highest BCUT2D eigenvalue weighted by atomic mass is 127. The molecule has 0 bridgehead atoms. The fourth-order valence-electron chi connectivity index (χ4n) is 1.86. The SMILES string of the molecule is O=C(CSc1nc2ccccc2o1)Nc1cc(F)c(I)c(F)c1. The summed E-state index contributed by atoms with van der Waals surface area (Å²) in [6.45, 7) is 0. The Balaban J connectivity index is 1.63. The second-order valence-electron chi connectivity index (χ2n) is 4.54. The third kappa shape index (κ3) is 3.81. The first-order chi connectivity index (χ1) is 11.0. The van der Waals surface area contributed by atoms with Crippen LogP contribution in [0.2, 0.25) is 0 Å². The summed E-state index contributed by atoms with van der Waals surface area (Å²) in [5.74, 6) is -1.82. The number of fused-ring (bicyclic) bond motifs is 1. The van der Waals surface area contributed by atoms with Crippen molar-refractivity contribution >= 4 is 57.0 Å². The Bertz CT molecular complexity index is 829. The van der Waals surface area contributed by atoms with Crippen LogP contribution in [0.5, 0.6) is 0 Å². The lowest BCUT2D eigenvalue weighted by Gasteiger charge is -2.06. The van der Waals surface area contributed by atoms with Gasteiger partial charge in [-0.25, -0.2) is 13.8 Å². The van der Waals surface area contributed by atoms with E-state index in [1.807, 2.05) is 12.1 Å². The average molecular weight is 446 g/mol. The first-order valence-electron chi connectivity index (χ1n) is 6.45. The molecule has 0 aliphatic rings. The van der Waals surface area contributed by atoms with E-state index in [1.165, 1.54) is 0 Å². The van der Waals surface area contributed by atoms with Crippen molar-refractivity contribution in [1.29, 1.82) is 0 Å². The Morgan fingerprint density at radius 2 is 1.96 bits per heavy atom. The quantitative estimate of drug-likeness (QED) is 0.366. The third-order valence-corrected chi connectivity index (χ3v) is 4.73. The number of carbonyl (C=O) groups is 1. The molecule has 1 heterocycles. The molecule has 4 nitrogen and oxygen atoms in total. The molecule has 0 atom stereocenters. The van der Waals surface area contributed by atoms with Crippen LogP contribution in [-0.4, -0.2) is 16.6 Å². The number of anilines is 1. The Kier molecular flexibility index (Phi) is 4.81. The number of rotatable bonds is 4. The van der Waals surface area contributed by atoms with Gasteiger partial charge in [0.15, 0.2) is 5.58 Å². The number of hydrogen-bond donors (Lipinski definition) is 1. The first kappa shape index (κ1) is 16.2. The number of amides is 1. The maximum Gasteiger partial charge on any atom is 0.257 e. The summed E-state index contributed by atoms with van der Waals surface area (Å²) >= 11 is 2.67. The van der Waals surface area contributed by atoms with E-state index in [-0.39, 0.29) is 15.0 Å². The summed E-state index contributed by atoms with van der Waals surface area (Å²) in [6, 6.07) is 9.41. The number of thioether (sulfide) groups is 1. The van der Waals surface area contributed by atoms with Gasteiger partial charge in [-0.15, -0.1) is 0 Å². The highest BCUT2D eigenvalue weighted by Gasteiger charge is 2.12. The Labute approximate surface area is 147 Å². The Morgan fingerprint density at radius 1 is 1.26 bits per heavy atom. The zero-order chi connectivity index (χ0) is 16.4. The molecular formula is C15H9F2IN2O2S. The van der Waals surface area contributed by atoms with Crippen LogP contribution in [0.15, 0.2) is 46.0 Å². The lowest BCUT2D eigenvalue weighted by atomic mass is 10.3. The van der Waals surface area contributed by atoms with E-state index in [2.05, 4.69) is 10.3 Å². The van der Waals surface area contributed by atoms with Crippen molar-refractivity contribution in [1.82, 2.24) is 4.98 Å². The van der Waals surface area contributed by atoms with Gasteiger partial charge in [0.2, 0.25) is 5.91 Å². The van der Waals surface area contributed by atoms with Crippen LogP contribution in [0.25, 0.3) is 11.1 Å². The second-order valence-corrected chi connectivity index (χ2v) is 6.54. The third-order valence-electron chi connectivity index (χ3n) is 2.87. The number of nitrogens with zero attached hydrogens (tertiary/aromatic N) is 1. The van der Waals surface area contributed by atoms with Crippen molar-refractivity contribution < 1.29 is 18.0 Å². The zero-order valence-corrected chi connectivity index (χ0v) is 14.5. The second kappa shape index (κ2) is 6.83. The molecule has 0 spiro atoms. The summed E-state index contributed by atoms with van der Waals surface area (Å²) < 4.78 is 32.2. The van der Waals surface area contributed by atoms with Crippen LogP contribution in [0.3, 0.4) is 0 Å². The number of nitrogens with one attached hydrogen (secondary N) is 1. The number of hydrogen-bond acceptors (Lipinski definition) is 4. The van der Waals surface area contributed by atoms with Gasteiger partial charge in [0.1, 0.15) is 17.2 Å². The van der Waals surface area contributed by atoms with Gasteiger partial charge >= 0.3 is 0 Å². The Morgan fingerprint density at radius 3 is 2.65 bits per heavy atom. The van der Waals surface area contributed by atoms with Crippen LogP contribution in [-0.2, 0) is 4.79 Å². The molecule has 0 aliphatic carbocycles. The van der Waals surface area contributed by atoms with Gasteiger partial charge in [-0.3, -0.25) is 4.79 Å². The normalized spacial score (nSPS) is 10.9. The molecule has 8 heteroatoms. The number of aromatic nitrogens is 1. The van der Waals surface area contributed by atoms with Gasteiger partial charge in [-0.05, 0) is 46.9 Å². The number of benzene rings is 2. The lowest BCUT2D eigenvalue weighted by molar-refractivity contribution is -0.113. The van der Waals surface area contributed by atoms with E-state index in [4.69, 9.17) is 4.42 Å². The summed E-state index contributed by atoms with van der Waals surface area (Å²) in [5.41, 5.74) is 1.41. The lowest BCUT2D eigenvalue weighted by Crippen LogP contribution is -2.14. The van der Waals surface area contributed by atoms with Gasteiger partial charge in [-0.1, -0.05) is 23.9 Å². The molecule has 1 amide bonds. The van der Waals surface area contributed by atoms with Crippen LogP contribution >= 0.6 is 34.4 Å². The minimum absolute atomic E-state index is 0.0159. The number of oxazole rings is 1. The van der Waals surface area contributed by atoms with Crippen LogP contribution in [0.1, 0.15) is 0 Å². The van der Waals surface area contributed by atoms with Gasteiger partial charge in [0, 0.05) is 5.69 Å². The monoisotopic (exact) mass is 446 g/mol. The number of halogens is 3. The topological polar surface area (TPSA) is 55.1 Å². The Hall–Kier alpha value is -1.68. The van der Waals surface area contributed by atoms with E-state index in [0.717, 1.165) is 23.9 Å². The van der Waals surface area contributed by atoms with Crippen molar-refractivity contribution in [2.45, 2.75) is 5.22 Å². The maximum absolute atomic E-state index is 13.4. The molecule has 23 heavy (non-hydrogen) atoms. The van der Waals surface area contributed by atoms with Gasteiger partial charge in [0.25, 0.3) is 5.22 Å². The molecule has 118 valence electrons. The van der Waals surface area contributed by atoms with Gasteiger partial charge in [-0.2, -0.15) is 0 Å². The molecule has 1 N–H and O–H groups in total. The summed E-state index contributed by atoms with van der Waals surface area (Å²) in [6.07, 6.45) is 0. The van der Waals surface area contributed by atoms with Crippen molar-refractivity contribution in [3.05, 3.63) is 51.6 Å². The molecular weight excluding hydrogens is 437 g/mol. The molecule has 0 fully saturated rings. The van der Waals surface area contributed by atoms with Crippen molar-refractivity contribution in [3.63, 3.8) is 0 Å². The van der Waals surface area contributed by atoms with Crippen LogP contribution in [0.4, 0.5) is 14.5 Å². The van der Waals surface area contributed by atoms with E-state index >= 15 is 0 Å². The fourth-order valence-corrected chi connectivity index (χ4v) is 2.81. The van der Waals surface area contributed by atoms with Crippen molar-refractivity contribution in [3.8, 4) is 0 Å². The number of carbonyl (C=O) groups excluding carboxylic acids is 1. The predicted molar refractivity (Wildman–Crippen MR) is 92.4 cm³/mol. The highest BCUT2D eigenvalue weighted by Crippen LogP contribution is 2.24. The van der Waals surface area contributed by atoms with Gasteiger partial charge in [0.05, 0.1) is 9.32 Å². The van der Waals surface area contributed by atoms with E-state index in [0.29, 0.717) is 16.3 Å². The fraction of sp³-hybridized carbons (Fsp3) is 0.0667. The molecule has 3 aromatic rings. The van der Waals surface area contributed by atoms with Gasteiger partial charge < -0.3 is 9.73 Å². The molecule has 0 aliphatic heterocycles. The predicted octanol–water partition coefficient (Wildman–Crippen LogP) is 4.44. The summed E-state index contributed by atoms with van der Waals surface area (Å²) in [5, 5.41) is 2.80. The van der Waals surface area contributed by atoms with E-state index in [9.17, 15) is 13.6 Å². The summed E-state index contributed by atoms with van der Waals surface area (Å²) in [7, 11) is 0.